The second kappa shape index (κ2) is 5.46. The summed E-state index contributed by atoms with van der Waals surface area (Å²) in [5.41, 5.74) is 0. The van der Waals surface area contributed by atoms with Crippen LogP contribution in [0.25, 0.3) is 0 Å². The van der Waals surface area contributed by atoms with Gasteiger partial charge in [0.05, 0.1) is 19.2 Å². The fourth-order valence-electron chi connectivity index (χ4n) is 2.03. The number of rotatable bonds is 5. The zero-order chi connectivity index (χ0) is 11.4. The lowest BCUT2D eigenvalue weighted by atomic mass is 10.2. The third-order valence-electron chi connectivity index (χ3n) is 2.88. The molecule has 0 aromatic carbocycles. The average molecular weight is 223 g/mol. The lowest BCUT2D eigenvalue weighted by Gasteiger charge is -2.14. The van der Waals surface area contributed by atoms with Crippen molar-refractivity contribution in [2.45, 2.75) is 32.9 Å². The van der Waals surface area contributed by atoms with Gasteiger partial charge in [-0.25, -0.2) is 4.98 Å². The topological polar surface area (TPSA) is 39.1 Å². The van der Waals surface area contributed by atoms with E-state index >= 15 is 0 Å². The standard InChI is InChI=1S/C12H21N3O/c1-10(2)7-13-8-12-14-4-5-15(12)11-3-6-16-9-11/h4-5,10-11,13H,3,6-9H2,1-2H3. The van der Waals surface area contributed by atoms with Gasteiger partial charge in [0.15, 0.2) is 0 Å². The van der Waals surface area contributed by atoms with Crippen LogP contribution in [0.5, 0.6) is 0 Å². The van der Waals surface area contributed by atoms with E-state index in [-0.39, 0.29) is 0 Å². The highest BCUT2D eigenvalue weighted by atomic mass is 16.5. The van der Waals surface area contributed by atoms with Gasteiger partial charge in [0.25, 0.3) is 0 Å². The number of nitrogens with zero attached hydrogens (tertiary/aromatic N) is 2. The molecule has 1 atom stereocenters. The zero-order valence-corrected chi connectivity index (χ0v) is 10.1. The van der Waals surface area contributed by atoms with Gasteiger partial charge in [-0.1, -0.05) is 13.8 Å². The van der Waals surface area contributed by atoms with Crippen LogP contribution in [0.4, 0.5) is 0 Å². The molecule has 1 fully saturated rings. The predicted molar refractivity (Wildman–Crippen MR) is 63.2 cm³/mol. The minimum atomic E-state index is 0.485. The molecule has 1 aliphatic rings. The Morgan fingerprint density at radius 3 is 3.19 bits per heavy atom. The SMILES string of the molecule is CC(C)CNCc1nccn1C1CCOC1. The molecule has 16 heavy (non-hydrogen) atoms. The third-order valence-corrected chi connectivity index (χ3v) is 2.88. The Bertz CT molecular complexity index is 316. The van der Waals surface area contributed by atoms with Gasteiger partial charge in [-0.05, 0) is 18.9 Å². The van der Waals surface area contributed by atoms with Gasteiger partial charge in [0.2, 0.25) is 0 Å². The van der Waals surface area contributed by atoms with Gasteiger partial charge in [-0.2, -0.15) is 0 Å². The molecule has 0 radical (unpaired) electrons. The molecule has 1 aromatic rings. The Kier molecular flexibility index (Phi) is 3.96. The van der Waals surface area contributed by atoms with Crippen molar-refractivity contribution in [1.29, 1.82) is 0 Å². The van der Waals surface area contributed by atoms with Gasteiger partial charge in [0, 0.05) is 19.0 Å². The van der Waals surface area contributed by atoms with E-state index in [1.165, 1.54) is 0 Å². The van der Waals surface area contributed by atoms with E-state index in [2.05, 4.69) is 34.9 Å². The highest BCUT2D eigenvalue weighted by Gasteiger charge is 2.19. The maximum atomic E-state index is 5.41. The fourth-order valence-corrected chi connectivity index (χ4v) is 2.03. The van der Waals surface area contributed by atoms with Gasteiger partial charge in [-0.3, -0.25) is 0 Å². The number of nitrogens with one attached hydrogen (secondary N) is 1. The fraction of sp³-hybridized carbons (Fsp3) is 0.750. The molecular weight excluding hydrogens is 202 g/mol. The van der Waals surface area contributed by atoms with E-state index in [1.54, 1.807) is 0 Å². The Morgan fingerprint density at radius 2 is 2.50 bits per heavy atom. The van der Waals surface area contributed by atoms with Crippen LogP contribution >= 0.6 is 0 Å². The quantitative estimate of drug-likeness (QED) is 0.824. The molecular formula is C12H21N3O. The predicted octanol–water partition coefficient (Wildman–Crippen LogP) is 1.59. The summed E-state index contributed by atoms with van der Waals surface area (Å²) < 4.78 is 7.66. The van der Waals surface area contributed by atoms with Crippen LogP contribution in [-0.2, 0) is 11.3 Å². The van der Waals surface area contributed by atoms with Gasteiger partial charge < -0.3 is 14.6 Å². The van der Waals surface area contributed by atoms with E-state index in [0.29, 0.717) is 12.0 Å². The summed E-state index contributed by atoms with van der Waals surface area (Å²) in [6.45, 7) is 8.01. The first-order valence-corrected chi connectivity index (χ1v) is 6.07. The van der Waals surface area contributed by atoms with Gasteiger partial charge in [0.1, 0.15) is 5.82 Å². The van der Waals surface area contributed by atoms with Gasteiger partial charge in [-0.15, -0.1) is 0 Å². The lowest BCUT2D eigenvalue weighted by molar-refractivity contribution is 0.186. The summed E-state index contributed by atoms with van der Waals surface area (Å²) in [5.74, 6) is 1.80. The molecule has 1 aliphatic heterocycles. The Hall–Kier alpha value is -0.870. The normalized spacial score (nSPS) is 20.8. The Labute approximate surface area is 97.0 Å². The van der Waals surface area contributed by atoms with Crippen molar-refractivity contribution in [2.75, 3.05) is 19.8 Å². The molecule has 4 heteroatoms. The van der Waals surface area contributed by atoms with Gasteiger partial charge >= 0.3 is 0 Å². The minimum Gasteiger partial charge on any atom is -0.379 e. The van der Waals surface area contributed by atoms with Crippen LogP contribution < -0.4 is 5.32 Å². The van der Waals surface area contributed by atoms with Crippen molar-refractivity contribution in [3.63, 3.8) is 0 Å². The monoisotopic (exact) mass is 223 g/mol. The molecule has 1 N–H and O–H groups in total. The number of aromatic nitrogens is 2. The van der Waals surface area contributed by atoms with E-state index in [9.17, 15) is 0 Å². The Balaban J connectivity index is 1.91. The second-order valence-electron chi connectivity index (χ2n) is 4.79. The maximum absolute atomic E-state index is 5.41. The molecule has 0 bridgehead atoms. The summed E-state index contributed by atoms with van der Waals surface area (Å²) in [5, 5.41) is 3.43. The highest BCUT2D eigenvalue weighted by Crippen LogP contribution is 2.19. The first kappa shape index (κ1) is 11.6. The smallest absolute Gasteiger partial charge is 0.122 e. The molecule has 0 spiro atoms. The van der Waals surface area contributed by atoms with Crippen LogP contribution in [0.3, 0.4) is 0 Å². The molecule has 1 saturated heterocycles. The number of hydrogen-bond donors (Lipinski definition) is 1. The van der Waals surface area contributed by atoms with Crippen LogP contribution in [0.15, 0.2) is 12.4 Å². The van der Waals surface area contributed by atoms with E-state index in [1.807, 2.05) is 6.20 Å². The lowest BCUT2D eigenvalue weighted by Crippen LogP contribution is -2.22. The molecule has 4 nitrogen and oxygen atoms in total. The van der Waals surface area contributed by atoms with Crippen molar-refractivity contribution < 1.29 is 4.74 Å². The maximum Gasteiger partial charge on any atom is 0.122 e. The average Bonchev–Trinajstić information content (AvgIpc) is 2.84. The number of ether oxygens (including phenoxy) is 1. The zero-order valence-electron chi connectivity index (χ0n) is 10.1. The minimum absolute atomic E-state index is 0.485. The molecule has 0 aliphatic carbocycles. The van der Waals surface area contributed by atoms with E-state index in [4.69, 9.17) is 4.74 Å². The second-order valence-corrected chi connectivity index (χ2v) is 4.79. The molecule has 1 unspecified atom stereocenters. The molecule has 0 amide bonds. The highest BCUT2D eigenvalue weighted by molar-refractivity contribution is 4.96. The third kappa shape index (κ3) is 2.83. The molecule has 1 aromatic heterocycles. The largest absolute Gasteiger partial charge is 0.379 e. The van der Waals surface area contributed by atoms with Crippen LogP contribution in [0.2, 0.25) is 0 Å². The van der Waals surface area contributed by atoms with Crippen molar-refractivity contribution in [3.8, 4) is 0 Å². The molecule has 2 rings (SSSR count). The summed E-state index contributed by atoms with van der Waals surface area (Å²) >= 11 is 0. The first-order chi connectivity index (χ1) is 7.77. The van der Waals surface area contributed by atoms with Crippen LogP contribution in [-0.4, -0.2) is 29.3 Å². The first-order valence-electron chi connectivity index (χ1n) is 6.07. The van der Waals surface area contributed by atoms with Crippen molar-refractivity contribution in [1.82, 2.24) is 14.9 Å². The van der Waals surface area contributed by atoms with Crippen molar-refractivity contribution >= 4 is 0 Å². The van der Waals surface area contributed by atoms with E-state index < -0.39 is 0 Å². The summed E-state index contributed by atoms with van der Waals surface area (Å²) in [4.78, 5) is 4.40. The van der Waals surface area contributed by atoms with E-state index in [0.717, 1.165) is 38.5 Å². The number of imidazole rings is 1. The molecule has 2 heterocycles. The van der Waals surface area contributed by atoms with Crippen LogP contribution in [0.1, 0.15) is 32.1 Å². The number of hydrogen-bond acceptors (Lipinski definition) is 3. The summed E-state index contributed by atoms with van der Waals surface area (Å²) in [7, 11) is 0. The molecule has 90 valence electrons. The van der Waals surface area contributed by atoms with Crippen molar-refractivity contribution in [3.05, 3.63) is 18.2 Å². The summed E-state index contributed by atoms with van der Waals surface area (Å²) in [6.07, 6.45) is 5.05. The van der Waals surface area contributed by atoms with Crippen molar-refractivity contribution in [2.24, 2.45) is 5.92 Å². The van der Waals surface area contributed by atoms with Crippen LogP contribution in [0, 0.1) is 5.92 Å². The Morgan fingerprint density at radius 1 is 1.62 bits per heavy atom. The molecule has 0 saturated carbocycles. The summed E-state index contributed by atoms with van der Waals surface area (Å²) in [6, 6.07) is 0.485.